The second-order valence-electron chi connectivity index (χ2n) is 18.0. The molecular weight excluding hydrogens is 835 g/mol. The summed E-state index contributed by atoms with van der Waals surface area (Å²) in [6.07, 6.45) is 17.2. The molecule has 60 heavy (non-hydrogen) atoms. The molecule has 11 nitrogen and oxygen atoms in total. The van der Waals surface area contributed by atoms with Crippen LogP contribution >= 0.6 is 0 Å². The lowest BCUT2D eigenvalue weighted by Crippen LogP contribution is -2.63. The molecule has 0 aliphatic heterocycles. The lowest BCUT2D eigenvalue weighted by atomic mass is 10.3. The molecule has 4 unspecified atom stereocenters. The Balaban J connectivity index is 6.85. The predicted octanol–water partition coefficient (Wildman–Crippen LogP) is 10.4. The second-order valence-corrected chi connectivity index (χ2v) is 35.7. The van der Waals surface area contributed by atoms with Crippen molar-refractivity contribution in [3.8, 4) is 0 Å². The van der Waals surface area contributed by atoms with Gasteiger partial charge in [-0.05, 0) is 206 Å². The maximum Gasteiger partial charge on any atom is 0.326 e. The van der Waals surface area contributed by atoms with Crippen molar-refractivity contribution in [2.45, 2.75) is 208 Å². The van der Waals surface area contributed by atoms with Gasteiger partial charge in [-0.15, -0.1) is 0 Å². The van der Waals surface area contributed by atoms with Gasteiger partial charge in [0.15, 0.2) is 0 Å². The second kappa shape index (κ2) is 37.8. The molecule has 362 valence electrons. The summed E-state index contributed by atoms with van der Waals surface area (Å²) < 4.78 is 43.9. The van der Waals surface area contributed by atoms with Gasteiger partial charge in [-0.2, -0.15) is 0 Å². The highest BCUT2D eigenvalue weighted by atomic mass is 28.5. The molecule has 4 atom stereocenters. The van der Waals surface area contributed by atoms with E-state index in [-0.39, 0.29) is 0 Å². The van der Waals surface area contributed by atoms with E-state index < -0.39 is 42.8 Å². The zero-order valence-corrected chi connectivity index (χ0v) is 47.1. The van der Waals surface area contributed by atoms with E-state index in [2.05, 4.69) is 108 Å². The van der Waals surface area contributed by atoms with Crippen molar-refractivity contribution in [1.82, 2.24) is 26.6 Å². The van der Waals surface area contributed by atoms with Crippen molar-refractivity contribution in [2.75, 3.05) is 78.7 Å². The smallest absolute Gasteiger partial charge is 0.326 e. The maximum absolute atomic E-state index is 7.77. The summed E-state index contributed by atoms with van der Waals surface area (Å²) in [6.45, 7) is 38.6. The molecule has 0 spiro atoms. The number of unbranched alkanes of at least 4 members (excludes halogenated alkanes) is 5. The van der Waals surface area contributed by atoms with Crippen LogP contribution in [0.5, 0.6) is 0 Å². The fourth-order valence-electron chi connectivity index (χ4n) is 7.92. The van der Waals surface area contributed by atoms with Gasteiger partial charge < -0.3 is 51.9 Å². The van der Waals surface area contributed by atoms with E-state index in [4.69, 9.17) is 25.3 Å². The fraction of sp³-hybridized carbons (Fsp3) is 1.00. The standard InChI is InChI=1S/C44H105N5O6Si5/c1-13-20-30-45-35-25-40-56(8,50-18-6)52-58(10,42-27-37-47-32-22-15-3)54-60(12,44-29-39-49-34-24-17-5)55-59(11,43-28-38-48-33-23-16-4)53-57(9,51-19-7)41-26-36-46-31-21-14-2/h45-49H,13-44H2,1-12H3. The summed E-state index contributed by atoms with van der Waals surface area (Å²) >= 11 is 0. The van der Waals surface area contributed by atoms with Crippen molar-refractivity contribution < 1.29 is 25.3 Å². The molecule has 0 saturated heterocycles. The number of nitrogens with one attached hydrogen (secondary N) is 5. The average molecular weight is 941 g/mol. The molecule has 0 aliphatic carbocycles. The first-order chi connectivity index (χ1) is 28.8. The molecular formula is C44H105N5O6Si5. The highest BCUT2D eigenvalue weighted by Crippen LogP contribution is 2.35. The molecule has 0 aromatic heterocycles. The van der Waals surface area contributed by atoms with Crippen LogP contribution in [-0.4, -0.2) is 121 Å². The monoisotopic (exact) mass is 940 g/mol. The van der Waals surface area contributed by atoms with Crippen molar-refractivity contribution in [2.24, 2.45) is 0 Å². The third kappa shape index (κ3) is 32.3. The average Bonchev–Trinajstić information content (AvgIpc) is 3.18. The minimum atomic E-state index is -2.90. The maximum atomic E-state index is 7.77. The van der Waals surface area contributed by atoms with E-state index in [1.807, 2.05) is 0 Å². The van der Waals surface area contributed by atoms with Crippen molar-refractivity contribution in [1.29, 1.82) is 0 Å². The van der Waals surface area contributed by atoms with Gasteiger partial charge in [0.25, 0.3) is 0 Å². The van der Waals surface area contributed by atoms with Crippen LogP contribution in [0.1, 0.15) is 145 Å². The third-order valence-electron chi connectivity index (χ3n) is 11.1. The van der Waals surface area contributed by atoms with Gasteiger partial charge in [-0.3, -0.25) is 0 Å². The van der Waals surface area contributed by atoms with E-state index in [9.17, 15) is 0 Å². The van der Waals surface area contributed by atoms with Gasteiger partial charge in [0.2, 0.25) is 0 Å². The van der Waals surface area contributed by atoms with Gasteiger partial charge in [-0.25, -0.2) is 0 Å². The molecule has 0 aliphatic rings. The Morgan fingerprint density at radius 2 is 0.450 bits per heavy atom. The van der Waals surface area contributed by atoms with E-state index in [0.29, 0.717) is 13.2 Å². The molecule has 0 aromatic rings. The Morgan fingerprint density at radius 3 is 0.650 bits per heavy atom. The molecule has 5 N–H and O–H groups in total. The summed E-state index contributed by atoms with van der Waals surface area (Å²) in [6, 6.07) is 4.62. The Labute approximate surface area is 379 Å². The Kier molecular flexibility index (Phi) is 38.2. The first-order valence-corrected chi connectivity index (χ1v) is 38.0. The Bertz CT molecular complexity index is 915. The molecule has 0 rings (SSSR count). The number of hydrogen-bond acceptors (Lipinski definition) is 11. The highest BCUT2D eigenvalue weighted by molar-refractivity contribution is 6.90. The Morgan fingerprint density at radius 1 is 0.267 bits per heavy atom. The van der Waals surface area contributed by atoms with Crippen LogP contribution in [0, 0.1) is 0 Å². The molecule has 0 saturated carbocycles. The highest BCUT2D eigenvalue weighted by Gasteiger charge is 2.52. The summed E-state index contributed by atoms with van der Waals surface area (Å²) in [4.78, 5) is 0. The summed E-state index contributed by atoms with van der Waals surface area (Å²) in [5, 5.41) is 18.4. The van der Waals surface area contributed by atoms with Gasteiger partial charge in [0, 0.05) is 13.2 Å². The van der Waals surface area contributed by atoms with Crippen LogP contribution in [0.25, 0.3) is 0 Å². The van der Waals surface area contributed by atoms with Crippen LogP contribution in [0.3, 0.4) is 0 Å². The normalized spacial score (nSPS) is 17.2. The van der Waals surface area contributed by atoms with Crippen LogP contribution < -0.4 is 26.6 Å². The molecule has 0 bridgehead atoms. The zero-order valence-electron chi connectivity index (χ0n) is 42.1. The van der Waals surface area contributed by atoms with Crippen LogP contribution in [-0.2, 0) is 25.3 Å². The topological polar surface area (TPSA) is 116 Å². The van der Waals surface area contributed by atoms with Gasteiger partial charge in [-0.1, -0.05) is 66.7 Å². The van der Waals surface area contributed by atoms with E-state index in [1.165, 1.54) is 64.2 Å². The summed E-state index contributed by atoms with van der Waals surface area (Å²) in [5.41, 5.74) is 0. The van der Waals surface area contributed by atoms with Gasteiger partial charge >= 0.3 is 42.8 Å². The van der Waals surface area contributed by atoms with Gasteiger partial charge in [0.1, 0.15) is 0 Å². The SMILES string of the molecule is CCCCNCCC[Si](C)(OCC)O[Si](C)(CCCNCCCC)O[Si](C)(CCCNCCCC)O[Si](C)(CCCNCCCC)O[Si](C)(CCCNCCCC)OCC. The van der Waals surface area contributed by atoms with Crippen molar-refractivity contribution in [3.05, 3.63) is 0 Å². The first-order valence-electron chi connectivity index (χ1n) is 25.4. The van der Waals surface area contributed by atoms with Crippen LogP contribution in [0.4, 0.5) is 0 Å². The van der Waals surface area contributed by atoms with Crippen molar-refractivity contribution >= 4 is 42.8 Å². The molecule has 0 fully saturated rings. The number of hydrogen-bond donors (Lipinski definition) is 5. The predicted molar refractivity (Wildman–Crippen MR) is 272 cm³/mol. The van der Waals surface area contributed by atoms with E-state index in [0.717, 1.165) is 128 Å². The van der Waals surface area contributed by atoms with Crippen molar-refractivity contribution in [3.63, 3.8) is 0 Å². The summed E-state index contributed by atoms with van der Waals surface area (Å²) in [5.74, 6) is 0. The van der Waals surface area contributed by atoms with Gasteiger partial charge in [0.05, 0.1) is 0 Å². The largest absolute Gasteiger partial charge is 0.416 e. The molecule has 0 heterocycles. The lowest BCUT2D eigenvalue weighted by molar-refractivity contribution is 0.209. The Hall–Kier alpha value is 0.644. The zero-order chi connectivity index (χ0) is 44.9. The molecule has 0 aromatic carbocycles. The molecule has 0 radical (unpaired) electrons. The fourth-order valence-corrected chi connectivity index (χ4v) is 33.5. The van der Waals surface area contributed by atoms with Crippen LogP contribution in [0.2, 0.25) is 63.0 Å². The summed E-state index contributed by atoms with van der Waals surface area (Å²) in [7, 11) is -13.7. The minimum Gasteiger partial charge on any atom is -0.416 e. The minimum absolute atomic E-state index is 0.656. The molecule has 0 amide bonds. The van der Waals surface area contributed by atoms with E-state index in [1.54, 1.807) is 0 Å². The van der Waals surface area contributed by atoms with E-state index >= 15 is 0 Å². The molecule has 16 heteroatoms. The number of rotatable bonds is 47. The van der Waals surface area contributed by atoms with Crippen LogP contribution in [0.15, 0.2) is 0 Å². The lowest BCUT2D eigenvalue weighted by Gasteiger charge is -2.46. The third-order valence-corrected chi connectivity index (χ3v) is 33.0. The first kappa shape index (κ1) is 60.6. The quantitative estimate of drug-likeness (QED) is 0.0297.